The average Bonchev–Trinajstić information content (AvgIpc) is 3.38. The van der Waals surface area contributed by atoms with Gasteiger partial charge < -0.3 is 14.4 Å². The van der Waals surface area contributed by atoms with E-state index in [4.69, 9.17) is 15.9 Å². The first kappa shape index (κ1) is 22.4. The van der Waals surface area contributed by atoms with Crippen molar-refractivity contribution in [3.63, 3.8) is 0 Å². The Hall–Kier alpha value is -2.78. The number of amides is 1. The highest BCUT2D eigenvalue weighted by atomic mass is 16.6. The second kappa shape index (κ2) is 10.7. The third-order valence-corrected chi connectivity index (χ3v) is 6.88. The Kier molecular flexibility index (Phi) is 7.49. The number of H-pyrrole nitrogens is 1. The van der Waals surface area contributed by atoms with Crippen molar-refractivity contribution in [3.05, 3.63) is 53.9 Å². The van der Waals surface area contributed by atoms with Crippen molar-refractivity contribution in [1.29, 1.82) is 0 Å². The van der Waals surface area contributed by atoms with Crippen molar-refractivity contribution in [2.45, 2.75) is 75.5 Å². The van der Waals surface area contributed by atoms with E-state index in [-0.39, 0.29) is 24.2 Å². The number of hydrogen-bond acceptors (Lipinski definition) is 4. The molecule has 1 N–H and O–H groups in total. The zero-order valence-corrected chi connectivity index (χ0v) is 18.8. The first-order chi connectivity index (χ1) is 15.7. The Bertz CT molecular complexity index is 885. The molecule has 2 aliphatic rings. The van der Waals surface area contributed by atoms with Crippen LogP contribution in [0, 0.1) is 12.3 Å². The number of ether oxygens (including phenoxy) is 2. The smallest absolute Gasteiger partial charge is 0.411 e. The maximum Gasteiger partial charge on any atom is 0.411 e. The normalized spacial score (nSPS) is 26.8. The Morgan fingerprint density at radius 3 is 2.69 bits per heavy atom. The molecule has 1 aliphatic heterocycles. The van der Waals surface area contributed by atoms with Gasteiger partial charge in [0.15, 0.2) is 6.10 Å². The minimum atomic E-state index is -0.553. The van der Waals surface area contributed by atoms with E-state index in [1.54, 1.807) is 11.8 Å². The van der Waals surface area contributed by atoms with E-state index in [0.717, 1.165) is 44.2 Å². The van der Waals surface area contributed by atoms with Crippen LogP contribution in [0.25, 0.3) is 0 Å². The summed E-state index contributed by atoms with van der Waals surface area (Å²) in [5.74, 6) is 3.20. The van der Waals surface area contributed by atoms with Gasteiger partial charge in [-0.25, -0.2) is 4.79 Å². The number of rotatable bonds is 6. The minimum Gasteiger partial charge on any atom is -0.433 e. The van der Waals surface area contributed by atoms with E-state index >= 15 is 0 Å². The van der Waals surface area contributed by atoms with Gasteiger partial charge in [0.1, 0.15) is 0 Å². The number of nitrogens with zero attached hydrogens (tertiary/aromatic N) is 2. The summed E-state index contributed by atoms with van der Waals surface area (Å²) in [5.41, 5.74) is 2.39. The minimum absolute atomic E-state index is 0.114. The molecule has 32 heavy (non-hydrogen) atoms. The molecule has 1 saturated carbocycles. The van der Waals surface area contributed by atoms with E-state index < -0.39 is 6.10 Å². The molecule has 1 aromatic heterocycles. The molecule has 4 rings (SSSR count). The lowest BCUT2D eigenvalue weighted by atomic mass is 9.82. The lowest BCUT2D eigenvalue weighted by molar-refractivity contribution is -0.0278. The first-order valence-corrected chi connectivity index (χ1v) is 11.7. The summed E-state index contributed by atoms with van der Waals surface area (Å²) < 4.78 is 11.9. The fraction of sp³-hybridized carbons (Fsp3) is 0.538. The third kappa shape index (κ3) is 5.34. The molecule has 0 radical (unpaired) electrons. The topological polar surface area (TPSA) is 67.5 Å². The third-order valence-electron chi connectivity index (χ3n) is 6.88. The number of terminal acetylenes is 1. The average molecular weight is 436 g/mol. The quantitative estimate of drug-likeness (QED) is 0.658. The Morgan fingerprint density at radius 2 is 2.00 bits per heavy atom. The molecule has 0 unspecified atom stereocenters. The van der Waals surface area contributed by atoms with Gasteiger partial charge in [-0.2, -0.15) is 5.10 Å². The van der Waals surface area contributed by atoms with Crippen molar-refractivity contribution in [3.8, 4) is 12.3 Å². The molecule has 0 bridgehead atoms. The predicted molar refractivity (Wildman–Crippen MR) is 123 cm³/mol. The van der Waals surface area contributed by atoms with Gasteiger partial charge in [0.2, 0.25) is 0 Å². The van der Waals surface area contributed by atoms with Gasteiger partial charge in [-0.05, 0) is 63.0 Å². The van der Waals surface area contributed by atoms with Crippen molar-refractivity contribution >= 4 is 6.09 Å². The highest BCUT2D eigenvalue weighted by Gasteiger charge is 2.38. The Morgan fingerprint density at radius 1 is 1.22 bits per heavy atom. The second-order valence-electron chi connectivity index (χ2n) is 8.92. The molecule has 2 heterocycles. The number of nitrogens with one attached hydrogen (secondary N) is 1. The van der Waals surface area contributed by atoms with Gasteiger partial charge in [0.25, 0.3) is 0 Å². The molecule has 1 aromatic carbocycles. The Labute approximate surface area is 190 Å². The fourth-order valence-electron chi connectivity index (χ4n) is 5.09. The van der Waals surface area contributed by atoms with E-state index in [9.17, 15) is 4.79 Å². The van der Waals surface area contributed by atoms with Gasteiger partial charge in [-0.3, -0.25) is 5.10 Å². The summed E-state index contributed by atoms with van der Waals surface area (Å²) >= 11 is 0. The van der Waals surface area contributed by atoms with Crippen LogP contribution in [0.2, 0.25) is 0 Å². The maximum absolute atomic E-state index is 12.9. The van der Waals surface area contributed by atoms with Crippen LogP contribution in [0.5, 0.6) is 0 Å². The number of carbonyl (C=O) groups is 1. The summed E-state index contributed by atoms with van der Waals surface area (Å²) in [7, 11) is 0. The molecule has 1 saturated heterocycles. The molecular formula is C26H33N3O3. The van der Waals surface area contributed by atoms with E-state index in [2.05, 4.69) is 46.4 Å². The van der Waals surface area contributed by atoms with Gasteiger partial charge >= 0.3 is 6.09 Å². The number of hydrogen-bond donors (Lipinski definition) is 1. The van der Waals surface area contributed by atoms with Gasteiger partial charge in [0.05, 0.1) is 24.4 Å². The van der Waals surface area contributed by atoms with Gasteiger partial charge in [0, 0.05) is 18.7 Å². The summed E-state index contributed by atoms with van der Waals surface area (Å²) in [6.07, 6.45) is 12.8. The van der Waals surface area contributed by atoms with E-state index in [1.807, 2.05) is 12.3 Å². The molecule has 1 aliphatic carbocycles. The molecule has 2 aromatic rings. The van der Waals surface area contributed by atoms with Crippen LogP contribution >= 0.6 is 0 Å². The molecule has 2 fully saturated rings. The van der Waals surface area contributed by atoms with Crippen molar-refractivity contribution < 1.29 is 14.3 Å². The molecule has 6 heteroatoms. The lowest BCUT2D eigenvalue weighted by Gasteiger charge is -2.41. The van der Waals surface area contributed by atoms with Gasteiger partial charge in [-0.1, -0.05) is 36.3 Å². The second-order valence-corrected chi connectivity index (χ2v) is 8.92. The SMILES string of the molecule is C#C[C@H](C)OC(=O)N1CCC[C@H](c2cc[nH]n2)[C@@H]1CO[C@H]1CC[C@@H](c2ccccc2)CC1. The van der Waals surface area contributed by atoms with Crippen LogP contribution in [0.1, 0.15) is 68.5 Å². The summed E-state index contributed by atoms with van der Waals surface area (Å²) in [4.78, 5) is 14.7. The number of piperidine rings is 1. The molecule has 0 spiro atoms. The summed E-state index contributed by atoms with van der Waals surface area (Å²) in [5, 5.41) is 7.31. The monoisotopic (exact) mass is 435 g/mol. The summed E-state index contributed by atoms with van der Waals surface area (Å²) in [6.45, 7) is 2.84. The zero-order chi connectivity index (χ0) is 22.3. The highest BCUT2D eigenvalue weighted by molar-refractivity contribution is 5.69. The molecule has 170 valence electrons. The van der Waals surface area contributed by atoms with Crippen molar-refractivity contribution in [2.24, 2.45) is 0 Å². The largest absolute Gasteiger partial charge is 0.433 e. The number of aromatic nitrogens is 2. The van der Waals surface area contributed by atoms with Gasteiger partial charge in [-0.15, -0.1) is 6.42 Å². The number of benzene rings is 1. The molecule has 1 amide bonds. The molecular weight excluding hydrogens is 402 g/mol. The molecule has 6 nitrogen and oxygen atoms in total. The van der Waals surface area contributed by atoms with E-state index in [0.29, 0.717) is 19.1 Å². The maximum atomic E-state index is 12.9. The van der Waals surface area contributed by atoms with Crippen LogP contribution in [-0.2, 0) is 9.47 Å². The van der Waals surface area contributed by atoms with Crippen LogP contribution < -0.4 is 0 Å². The predicted octanol–water partition coefficient (Wildman–Crippen LogP) is 4.86. The Balaban J connectivity index is 1.39. The van der Waals surface area contributed by atoms with Crippen LogP contribution in [0.15, 0.2) is 42.6 Å². The number of likely N-dealkylation sites (tertiary alicyclic amines) is 1. The summed E-state index contributed by atoms with van der Waals surface area (Å²) in [6, 6.07) is 12.6. The lowest BCUT2D eigenvalue weighted by Crippen LogP contribution is -2.51. The van der Waals surface area contributed by atoms with Crippen molar-refractivity contribution in [2.75, 3.05) is 13.2 Å². The fourth-order valence-corrected chi connectivity index (χ4v) is 5.09. The van der Waals surface area contributed by atoms with Crippen molar-refractivity contribution in [1.82, 2.24) is 15.1 Å². The van der Waals surface area contributed by atoms with Crippen LogP contribution in [-0.4, -0.2) is 52.6 Å². The standard InChI is InChI=1S/C26H33N3O3/c1-3-19(2)32-26(30)29-17-7-10-23(24-15-16-27-28-24)25(29)18-31-22-13-11-21(12-14-22)20-8-5-4-6-9-20/h1,4-6,8-9,15-16,19,21-23,25H,7,10-14,17-18H2,2H3,(H,27,28)/t19-,21-,22+,23+,25-/m0/s1. The van der Waals surface area contributed by atoms with Crippen LogP contribution in [0.4, 0.5) is 4.79 Å². The zero-order valence-electron chi connectivity index (χ0n) is 18.8. The molecule has 3 atom stereocenters. The number of aromatic amines is 1. The number of carbonyl (C=O) groups excluding carboxylic acids is 1. The van der Waals surface area contributed by atoms with Crippen LogP contribution in [0.3, 0.4) is 0 Å². The van der Waals surface area contributed by atoms with E-state index in [1.165, 1.54) is 5.56 Å². The first-order valence-electron chi connectivity index (χ1n) is 11.7. The highest BCUT2D eigenvalue weighted by Crippen LogP contribution is 2.36.